The largest absolute Gasteiger partial charge is 0.365 e. The quantitative estimate of drug-likeness (QED) is 0.625. The third kappa shape index (κ3) is 5.60. The highest BCUT2D eigenvalue weighted by Crippen LogP contribution is 2.35. The zero-order valence-corrected chi connectivity index (χ0v) is 20.0. The molecule has 1 unspecified atom stereocenters. The standard InChI is InChI=1S/C23H32Cl2F2N4O/c1-16-13-29(11-12-31(16)20-4-2-3-19(24)21(20)25)10-9-17-5-7-18(8-6-17)28-22(32)30-14-23(26,27)15-30/h2-4,16-18H,5-15H2,1H3,(H,28,32). The molecule has 1 aliphatic carbocycles. The van der Waals surface area contributed by atoms with E-state index in [1.165, 1.54) is 4.90 Å². The normalized spacial score (nSPS) is 28.3. The summed E-state index contributed by atoms with van der Waals surface area (Å²) >= 11 is 12.6. The first kappa shape index (κ1) is 23.8. The lowest BCUT2D eigenvalue weighted by Gasteiger charge is -2.42. The number of nitrogens with zero attached hydrogens (tertiary/aromatic N) is 3. The molecule has 178 valence electrons. The lowest BCUT2D eigenvalue weighted by Crippen LogP contribution is -2.62. The van der Waals surface area contributed by atoms with Crippen molar-refractivity contribution in [3.63, 3.8) is 0 Å². The van der Waals surface area contributed by atoms with E-state index in [0.29, 0.717) is 22.0 Å². The Balaban J connectivity index is 1.16. The highest BCUT2D eigenvalue weighted by molar-refractivity contribution is 6.43. The molecule has 0 spiro atoms. The molecule has 32 heavy (non-hydrogen) atoms. The van der Waals surface area contributed by atoms with Gasteiger partial charge in [-0.2, -0.15) is 0 Å². The topological polar surface area (TPSA) is 38.8 Å². The number of likely N-dealkylation sites (tertiary alicyclic amines) is 1. The molecule has 9 heteroatoms. The van der Waals surface area contributed by atoms with E-state index in [2.05, 4.69) is 22.0 Å². The molecule has 1 saturated carbocycles. The van der Waals surface area contributed by atoms with E-state index in [0.717, 1.165) is 64.0 Å². The molecule has 2 heterocycles. The van der Waals surface area contributed by atoms with Gasteiger partial charge in [-0.05, 0) is 63.6 Å². The van der Waals surface area contributed by atoms with Crippen LogP contribution in [0, 0.1) is 5.92 Å². The molecule has 5 nitrogen and oxygen atoms in total. The molecule has 1 aromatic carbocycles. The third-order valence-electron chi connectivity index (χ3n) is 7.11. The Morgan fingerprint density at radius 2 is 1.88 bits per heavy atom. The van der Waals surface area contributed by atoms with Crippen LogP contribution in [0.4, 0.5) is 19.3 Å². The summed E-state index contributed by atoms with van der Waals surface area (Å²) in [7, 11) is 0. The van der Waals surface area contributed by atoms with Crippen LogP contribution in [0.15, 0.2) is 18.2 Å². The molecule has 3 fully saturated rings. The van der Waals surface area contributed by atoms with Gasteiger partial charge in [-0.25, -0.2) is 13.6 Å². The van der Waals surface area contributed by atoms with E-state index in [1.54, 1.807) is 0 Å². The second-order valence-corrected chi connectivity index (χ2v) is 10.4. The van der Waals surface area contributed by atoms with Gasteiger partial charge in [0.2, 0.25) is 0 Å². The van der Waals surface area contributed by atoms with Crippen molar-refractivity contribution in [2.45, 2.75) is 57.0 Å². The van der Waals surface area contributed by atoms with Crippen LogP contribution in [0.5, 0.6) is 0 Å². The maximum atomic E-state index is 12.9. The third-order valence-corrected chi connectivity index (χ3v) is 7.92. The molecule has 1 N–H and O–H groups in total. The van der Waals surface area contributed by atoms with Crippen LogP contribution in [-0.4, -0.2) is 73.1 Å². The fourth-order valence-corrected chi connectivity index (χ4v) is 5.59. The average molecular weight is 489 g/mol. The first-order valence-electron chi connectivity index (χ1n) is 11.6. The van der Waals surface area contributed by atoms with Gasteiger partial charge in [0.1, 0.15) is 0 Å². The monoisotopic (exact) mass is 488 g/mol. The number of benzene rings is 1. The molecule has 0 bridgehead atoms. The predicted octanol–water partition coefficient (Wildman–Crippen LogP) is 5.11. The molecular formula is C23H32Cl2F2N4O. The molecule has 2 amide bonds. The number of rotatable bonds is 5. The minimum absolute atomic E-state index is 0.110. The molecule has 2 aliphatic heterocycles. The highest BCUT2D eigenvalue weighted by Gasteiger charge is 2.46. The van der Waals surface area contributed by atoms with Crippen molar-refractivity contribution in [3.8, 4) is 0 Å². The number of hydrogen-bond donors (Lipinski definition) is 1. The predicted molar refractivity (Wildman–Crippen MR) is 125 cm³/mol. The van der Waals surface area contributed by atoms with Crippen molar-refractivity contribution < 1.29 is 13.6 Å². The Morgan fingerprint density at radius 1 is 1.16 bits per heavy atom. The maximum absolute atomic E-state index is 12.9. The SMILES string of the molecule is CC1CN(CCC2CCC(NC(=O)N3CC(F)(F)C3)CC2)CCN1c1cccc(Cl)c1Cl. The molecule has 1 aromatic rings. The molecule has 4 rings (SSSR count). The number of amides is 2. The summed E-state index contributed by atoms with van der Waals surface area (Å²) in [5.41, 5.74) is 1.01. The lowest BCUT2D eigenvalue weighted by molar-refractivity contribution is -0.110. The Morgan fingerprint density at radius 3 is 2.53 bits per heavy atom. The van der Waals surface area contributed by atoms with Gasteiger partial charge in [0.25, 0.3) is 5.92 Å². The number of carbonyl (C=O) groups is 1. The van der Waals surface area contributed by atoms with Gasteiger partial charge >= 0.3 is 6.03 Å². The highest BCUT2D eigenvalue weighted by atomic mass is 35.5. The summed E-state index contributed by atoms with van der Waals surface area (Å²) in [6.45, 7) is 5.31. The van der Waals surface area contributed by atoms with Crippen molar-refractivity contribution >= 4 is 34.9 Å². The number of anilines is 1. The van der Waals surface area contributed by atoms with Crippen LogP contribution >= 0.6 is 23.2 Å². The number of halogens is 4. The number of hydrogen-bond acceptors (Lipinski definition) is 3. The number of carbonyl (C=O) groups excluding carboxylic acids is 1. The smallest absolute Gasteiger partial charge is 0.318 e. The van der Waals surface area contributed by atoms with Crippen molar-refractivity contribution in [3.05, 3.63) is 28.2 Å². The van der Waals surface area contributed by atoms with Gasteiger partial charge in [-0.15, -0.1) is 0 Å². The Hall–Kier alpha value is -1.31. The van der Waals surface area contributed by atoms with Gasteiger partial charge in [-0.1, -0.05) is 29.3 Å². The zero-order valence-electron chi connectivity index (χ0n) is 18.5. The van der Waals surface area contributed by atoms with Crippen LogP contribution in [0.3, 0.4) is 0 Å². The van der Waals surface area contributed by atoms with E-state index < -0.39 is 19.0 Å². The van der Waals surface area contributed by atoms with Gasteiger partial charge in [0, 0.05) is 31.7 Å². The van der Waals surface area contributed by atoms with E-state index in [9.17, 15) is 13.6 Å². The number of alkyl halides is 2. The molecule has 2 saturated heterocycles. The van der Waals surface area contributed by atoms with Crippen LogP contribution in [-0.2, 0) is 0 Å². The Bertz CT molecular complexity index is 811. The first-order valence-corrected chi connectivity index (χ1v) is 12.3. The van der Waals surface area contributed by atoms with Gasteiger partial charge in [-0.3, -0.25) is 4.90 Å². The average Bonchev–Trinajstić information content (AvgIpc) is 2.74. The molecule has 1 atom stereocenters. The molecule has 0 aromatic heterocycles. The van der Waals surface area contributed by atoms with Crippen molar-refractivity contribution in [2.24, 2.45) is 5.92 Å². The molecule has 0 radical (unpaired) electrons. The van der Waals surface area contributed by atoms with Gasteiger partial charge < -0.3 is 15.1 Å². The van der Waals surface area contributed by atoms with Crippen LogP contribution in [0.25, 0.3) is 0 Å². The lowest BCUT2D eigenvalue weighted by atomic mass is 9.84. The van der Waals surface area contributed by atoms with Crippen LogP contribution in [0.1, 0.15) is 39.0 Å². The van der Waals surface area contributed by atoms with Crippen LogP contribution < -0.4 is 10.2 Å². The summed E-state index contributed by atoms with van der Waals surface area (Å²) in [6, 6.07) is 5.92. The Kier molecular flexibility index (Phi) is 7.37. The number of piperazine rings is 1. The number of nitrogens with one attached hydrogen (secondary N) is 1. The second-order valence-electron chi connectivity index (χ2n) is 9.58. The van der Waals surface area contributed by atoms with Gasteiger partial charge in [0.15, 0.2) is 0 Å². The summed E-state index contributed by atoms with van der Waals surface area (Å²) < 4.78 is 25.9. The van der Waals surface area contributed by atoms with Crippen molar-refractivity contribution in [1.29, 1.82) is 0 Å². The van der Waals surface area contributed by atoms with E-state index in [1.807, 2.05) is 18.2 Å². The van der Waals surface area contributed by atoms with Crippen molar-refractivity contribution in [1.82, 2.24) is 15.1 Å². The zero-order chi connectivity index (χ0) is 22.9. The first-order chi connectivity index (χ1) is 15.2. The summed E-state index contributed by atoms with van der Waals surface area (Å²) in [6.07, 6.45) is 5.17. The Labute approximate surface area is 199 Å². The molecular weight excluding hydrogens is 457 g/mol. The molecule has 3 aliphatic rings. The van der Waals surface area contributed by atoms with Crippen molar-refractivity contribution in [2.75, 3.05) is 44.2 Å². The van der Waals surface area contributed by atoms with Gasteiger partial charge in [0.05, 0.1) is 28.8 Å². The fourth-order valence-electron chi connectivity index (χ4n) is 5.19. The maximum Gasteiger partial charge on any atom is 0.318 e. The second kappa shape index (κ2) is 9.90. The minimum Gasteiger partial charge on any atom is -0.365 e. The van der Waals surface area contributed by atoms with E-state index >= 15 is 0 Å². The summed E-state index contributed by atoms with van der Waals surface area (Å²) in [5.74, 6) is -2.05. The van der Waals surface area contributed by atoms with E-state index in [4.69, 9.17) is 23.2 Å². The summed E-state index contributed by atoms with van der Waals surface area (Å²) in [4.78, 5) is 18.1. The van der Waals surface area contributed by atoms with Crippen LogP contribution in [0.2, 0.25) is 10.0 Å². The summed E-state index contributed by atoms with van der Waals surface area (Å²) in [5, 5.41) is 4.15. The van der Waals surface area contributed by atoms with E-state index in [-0.39, 0.29) is 12.1 Å². The fraction of sp³-hybridized carbons (Fsp3) is 0.696. The number of urea groups is 1. The minimum atomic E-state index is -2.71.